The molecule has 5 nitrogen and oxygen atoms in total. The molecule has 1 aliphatic rings. The van der Waals surface area contributed by atoms with E-state index in [1.54, 1.807) is 6.07 Å². The average molecular weight is 307 g/mol. The molecule has 1 saturated heterocycles. The summed E-state index contributed by atoms with van der Waals surface area (Å²) in [6.07, 6.45) is 2.19. The van der Waals surface area contributed by atoms with Gasteiger partial charge >= 0.3 is 0 Å². The molecule has 7 heteroatoms. The SMILES string of the molecule is CN(c1cccc(C(N)=O)n1)C1CCNCC1.Cl.Cl. The Hall–Kier alpha value is -1.04. The van der Waals surface area contributed by atoms with Crippen molar-refractivity contribution >= 4 is 36.5 Å². The first-order chi connectivity index (χ1) is 8.18. The second-order valence-corrected chi connectivity index (χ2v) is 4.34. The summed E-state index contributed by atoms with van der Waals surface area (Å²) in [5, 5.41) is 3.33. The lowest BCUT2D eigenvalue weighted by Crippen LogP contribution is -2.41. The molecule has 19 heavy (non-hydrogen) atoms. The first-order valence-electron chi connectivity index (χ1n) is 5.89. The molecule has 0 aromatic carbocycles. The topological polar surface area (TPSA) is 71.2 Å². The van der Waals surface area contributed by atoms with Crippen LogP contribution in [0.2, 0.25) is 0 Å². The molecule has 1 aromatic rings. The minimum absolute atomic E-state index is 0. The largest absolute Gasteiger partial charge is 0.364 e. The molecule has 2 heterocycles. The van der Waals surface area contributed by atoms with Crippen molar-refractivity contribution in [2.24, 2.45) is 5.73 Å². The molecule has 108 valence electrons. The minimum Gasteiger partial charge on any atom is -0.364 e. The molecule has 0 radical (unpaired) electrons. The molecule has 0 spiro atoms. The Morgan fingerprint density at radius 1 is 1.37 bits per heavy atom. The number of nitrogens with zero attached hydrogens (tertiary/aromatic N) is 2. The smallest absolute Gasteiger partial charge is 0.267 e. The summed E-state index contributed by atoms with van der Waals surface area (Å²) >= 11 is 0. The molecular formula is C12H20Cl2N4O. The van der Waals surface area contributed by atoms with Gasteiger partial charge in [0.1, 0.15) is 11.5 Å². The maximum Gasteiger partial charge on any atom is 0.267 e. The predicted molar refractivity (Wildman–Crippen MR) is 81.5 cm³/mol. The van der Waals surface area contributed by atoms with Gasteiger partial charge in [-0.1, -0.05) is 6.07 Å². The van der Waals surface area contributed by atoms with Crippen molar-refractivity contribution in [1.29, 1.82) is 0 Å². The van der Waals surface area contributed by atoms with E-state index in [9.17, 15) is 4.79 Å². The molecular weight excluding hydrogens is 287 g/mol. The Morgan fingerprint density at radius 2 is 2.00 bits per heavy atom. The number of carbonyl (C=O) groups is 1. The quantitative estimate of drug-likeness (QED) is 0.880. The Kier molecular flexibility index (Phi) is 7.75. The van der Waals surface area contributed by atoms with Crippen LogP contribution in [0.3, 0.4) is 0 Å². The predicted octanol–water partition coefficient (Wildman–Crippen LogP) is 1.21. The summed E-state index contributed by atoms with van der Waals surface area (Å²) in [5.74, 6) is 0.332. The molecule has 0 saturated carbocycles. The van der Waals surface area contributed by atoms with E-state index in [1.165, 1.54) is 0 Å². The number of hydrogen-bond donors (Lipinski definition) is 2. The van der Waals surface area contributed by atoms with Crippen LogP contribution in [0.4, 0.5) is 5.82 Å². The third-order valence-electron chi connectivity index (χ3n) is 3.20. The van der Waals surface area contributed by atoms with Gasteiger partial charge in [0.2, 0.25) is 0 Å². The molecule has 0 atom stereocenters. The van der Waals surface area contributed by atoms with E-state index in [1.807, 2.05) is 19.2 Å². The first-order valence-corrected chi connectivity index (χ1v) is 5.89. The maximum atomic E-state index is 11.1. The fourth-order valence-electron chi connectivity index (χ4n) is 2.14. The van der Waals surface area contributed by atoms with Crippen molar-refractivity contribution in [1.82, 2.24) is 10.3 Å². The molecule has 0 bridgehead atoms. The first kappa shape index (κ1) is 18.0. The van der Waals surface area contributed by atoms with Crippen molar-refractivity contribution < 1.29 is 4.79 Å². The van der Waals surface area contributed by atoms with Crippen molar-refractivity contribution in [2.45, 2.75) is 18.9 Å². The van der Waals surface area contributed by atoms with Crippen LogP contribution in [-0.4, -0.2) is 37.1 Å². The third kappa shape index (κ3) is 4.53. The number of pyridine rings is 1. The van der Waals surface area contributed by atoms with Gasteiger partial charge in [0.25, 0.3) is 5.91 Å². The Morgan fingerprint density at radius 3 is 2.58 bits per heavy atom. The van der Waals surface area contributed by atoms with Crippen LogP contribution in [0, 0.1) is 0 Å². The number of piperidine rings is 1. The van der Waals surface area contributed by atoms with E-state index in [-0.39, 0.29) is 24.8 Å². The maximum absolute atomic E-state index is 11.1. The van der Waals surface area contributed by atoms with E-state index in [2.05, 4.69) is 15.2 Å². The third-order valence-corrected chi connectivity index (χ3v) is 3.20. The second kappa shape index (κ2) is 8.19. The van der Waals surface area contributed by atoms with Gasteiger partial charge in [-0.15, -0.1) is 24.8 Å². The number of hydrogen-bond acceptors (Lipinski definition) is 4. The highest BCUT2D eigenvalue weighted by atomic mass is 35.5. The summed E-state index contributed by atoms with van der Waals surface area (Å²) in [4.78, 5) is 17.5. The zero-order valence-corrected chi connectivity index (χ0v) is 12.5. The summed E-state index contributed by atoms with van der Waals surface area (Å²) in [7, 11) is 2.02. The standard InChI is InChI=1S/C12H18N4O.2ClH/c1-16(9-5-7-14-8-6-9)11-4-2-3-10(15-11)12(13)17;;/h2-4,9,14H,5-8H2,1H3,(H2,13,17);2*1H. The molecule has 1 aliphatic heterocycles. The summed E-state index contributed by atoms with van der Waals surface area (Å²) in [5.41, 5.74) is 5.55. The number of halogens is 2. The number of aromatic nitrogens is 1. The lowest BCUT2D eigenvalue weighted by Gasteiger charge is -2.32. The van der Waals surface area contributed by atoms with Crippen LogP contribution in [0.5, 0.6) is 0 Å². The number of nitrogens with two attached hydrogens (primary N) is 1. The van der Waals surface area contributed by atoms with Crippen LogP contribution in [0.15, 0.2) is 18.2 Å². The van der Waals surface area contributed by atoms with Gasteiger partial charge in [0.15, 0.2) is 0 Å². The van der Waals surface area contributed by atoms with Crippen molar-refractivity contribution in [3.8, 4) is 0 Å². The molecule has 1 fully saturated rings. The molecule has 0 aliphatic carbocycles. The zero-order valence-electron chi connectivity index (χ0n) is 10.8. The Bertz CT molecular complexity index is 410. The molecule has 0 unspecified atom stereocenters. The fraction of sp³-hybridized carbons (Fsp3) is 0.500. The average Bonchev–Trinajstić information content (AvgIpc) is 2.39. The number of rotatable bonds is 3. The number of primary amides is 1. The van der Waals surface area contributed by atoms with E-state index < -0.39 is 5.91 Å². The van der Waals surface area contributed by atoms with Gasteiger partial charge in [-0.3, -0.25) is 4.79 Å². The van der Waals surface area contributed by atoms with Crippen molar-refractivity contribution in [2.75, 3.05) is 25.0 Å². The lowest BCUT2D eigenvalue weighted by molar-refractivity contribution is 0.0995. The highest BCUT2D eigenvalue weighted by Crippen LogP contribution is 2.17. The minimum atomic E-state index is -0.481. The molecule has 3 N–H and O–H groups in total. The summed E-state index contributed by atoms with van der Waals surface area (Å²) in [6, 6.07) is 5.85. The van der Waals surface area contributed by atoms with E-state index >= 15 is 0 Å². The molecule has 2 rings (SSSR count). The number of nitrogens with one attached hydrogen (secondary N) is 1. The number of carbonyl (C=O) groups excluding carboxylic acids is 1. The summed E-state index contributed by atoms with van der Waals surface area (Å²) in [6.45, 7) is 2.06. The molecule has 1 aromatic heterocycles. The van der Waals surface area contributed by atoms with Crippen LogP contribution < -0.4 is 16.0 Å². The Balaban J connectivity index is 0.00000162. The van der Waals surface area contributed by atoms with Gasteiger partial charge < -0.3 is 16.0 Å². The highest BCUT2D eigenvalue weighted by molar-refractivity contribution is 5.91. The number of amides is 1. The van der Waals surface area contributed by atoms with Crippen molar-refractivity contribution in [3.63, 3.8) is 0 Å². The summed E-state index contributed by atoms with van der Waals surface area (Å²) < 4.78 is 0. The molecule has 1 amide bonds. The van der Waals surface area contributed by atoms with Crippen LogP contribution in [0.1, 0.15) is 23.3 Å². The normalized spacial score (nSPS) is 15.0. The van der Waals surface area contributed by atoms with Crippen LogP contribution in [0.25, 0.3) is 0 Å². The monoisotopic (exact) mass is 306 g/mol. The van der Waals surface area contributed by atoms with E-state index in [0.717, 1.165) is 31.7 Å². The fourth-order valence-corrected chi connectivity index (χ4v) is 2.14. The van der Waals surface area contributed by atoms with Crippen LogP contribution in [-0.2, 0) is 0 Å². The van der Waals surface area contributed by atoms with Gasteiger partial charge in [-0.2, -0.15) is 0 Å². The van der Waals surface area contributed by atoms with Gasteiger partial charge in [-0.05, 0) is 38.1 Å². The lowest BCUT2D eigenvalue weighted by atomic mass is 10.1. The zero-order chi connectivity index (χ0) is 12.3. The van der Waals surface area contributed by atoms with Crippen molar-refractivity contribution in [3.05, 3.63) is 23.9 Å². The van der Waals surface area contributed by atoms with Gasteiger partial charge in [0, 0.05) is 13.1 Å². The highest BCUT2D eigenvalue weighted by Gasteiger charge is 2.19. The van der Waals surface area contributed by atoms with Gasteiger partial charge in [0.05, 0.1) is 0 Å². The van der Waals surface area contributed by atoms with Crippen LogP contribution >= 0.6 is 24.8 Å². The van der Waals surface area contributed by atoms with Gasteiger partial charge in [-0.25, -0.2) is 4.98 Å². The second-order valence-electron chi connectivity index (χ2n) is 4.34. The Labute approximate surface area is 125 Å². The van der Waals surface area contributed by atoms with E-state index in [0.29, 0.717) is 11.7 Å². The number of anilines is 1. The van der Waals surface area contributed by atoms with E-state index in [4.69, 9.17) is 5.73 Å².